The second kappa shape index (κ2) is 9.74. The van der Waals surface area contributed by atoms with Crippen molar-refractivity contribution in [2.45, 2.75) is 66.6 Å². The van der Waals surface area contributed by atoms with E-state index in [0.29, 0.717) is 0 Å². The molecule has 222 valence electrons. The van der Waals surface area contributed by atoms with E-state index >= 15 is 0 Å². The first kappa shape index (κ1) is 35.2. The number of likely N-dealkylation sites (N-methyl/N-ethyl adjacent to an activating group) is 1. The van der Waals surface area contributed by atoms with Gasteiger partial charge in [-0.3, -0.25) is 4.79 Å². The highest BCUT2D eigenvalue weighted by Crippen LogP contribution is 2.64. The van der Waals surface area contributed by atoms with Gasteiger partial charge < -0.3 is 14.7 Å². The minimum atomic E-state index is -8.71. The monoisotopic (exact) mass is 594 g/mol. The molecule has 0 aromatic heterocycles. The number of hydrogen-bond donors (Lipinski definition) is 2. The van der Waals surface area contributed by atoms with Crippen molar-refractivity contribution in [2.24, 2.45) is 0 Å². The van der Waals surface area contributed by atoms with Crippen molar-refractivity contribution in [1.82, 2.24) is 0 Å². The zero-order chi connectivity index (χ0) is 30.5. The number of rotatable bonds is 13. The average Bonchev–Trinajstić information content (AvgIpc) is 2.63. The van der Waals surface area contributed by atoms with Crippen LogP contribution in [0.4, 0.5) is 74.6 Å². The Morgan fingerprint density at radius 3 is 1.30 bits per heavy atom. The van der Waals surface area contributed by atoms with Crippen LogP contribution in [0.5, 0.6) is 0 Å². The van der Waals surface area contributed by atoms with Crippen LogP contribution in [-0.4, -0.2) is 102 Å². The van der Waals surface area contributed by atoms with E-state index in [9.17, 15) is 84.5 Å². The van der Waals surface area contributed by atoms with Crippen molar-refractivity contribution in [1.29, 1.82) is 0 Å². The molecule has 0 saturated heterocycles. The van der Waals surface area contributed by atoms with Gasteiger partial charge in [-0.2, -0.15) is 74.6 Å². The van der Waals surface area contributed by atoms with Crippen molar-refractivity contribution in [2.75, 3.05) is 27.2 Å². The molecule has 0 rings (SSSR count). The van der Waals surface area contributed by atoms with E-state index in [1.54, 1.807) is 0 Å². The highest BCUT2D eigenvalue weighted by atomic mass is 19.4. The van der Waals surface area contributed by atoms with Crippen LogP contribution in [0.2, 0.25) is 0 Å². The lowest BCUT2D eigenvalue weighted by molar-refractivity contribution is -0.893. The van der Waals surface area contributed by atoms with Gasteiger partial charge in [0.2, 0.25) is 0 Å². The fourth-order valence-corrected chi connectivity index (χ4v) is 2.75. The van der Waals surface area contributed by atoms with Gasteiger partial charge in [-0.25, -0.2) is 0 Å². The average molecular weight is 594 g/mol. The van der Waals surface area contributed by atoms with Crippen molar-refractivity contribution >= 4 is 5.97 Å². The molecule has 4 nitrogen and oxygen atoms in total. The minimum Gasteiger partial charge on any atom is -0.481 e. The predicted molar refractivity (Wildman–Crippen MR) is 85.4 cm³/mol. The number of carboxylic acids is 1. The van der Waals surface area contributed by atoms with Crippen LogP contribution in [0.15, 0.2) is 0 Å². The van der Waals surface area contributed by atoms with Crippen molar-refractivity contribution in [3.63, 3.8) is 0 Å². The summed E-state index contributed by atoms with van der Waals surface area (Å²) in [5.74, 6) is -58.7. The van der Waals surface area contributed by atoms with Gasteiger partial charge in [-0.05, 0) is 0 Å². The topological polar surface area (TPSA) is 57.5 Å². The summed E-state index contributed by atoms with van der Waals surface area (Å²) >= 11 is 0. The normalized spacial score (nSPS) is 16.6. The summed E-state index contributed by atoms with van der Waals surface area (Å²) in [6.07, 6.45) is -14.5. The first-order valence-corrected chi connectivity index (χ1v) is 9.20. The molecule has 0 heterocycles. The predicted octanol–water partition coefficient (Wildman–Crippen LogP) is 5.30. The molecule has 0 amide bonds. The Kier molecular flexibility index (Phi) is 9.27. The summed E-state index contributed by atoms with van der Waals surface area (Å²) < 4.78 is 224. The van der Waals surface area contributed by atoms with Crippen LogP contribution in [0.3, 0.4) is 0 Å². The fraction of sp³-hybridized carbons (Fsp3) is 0.938. The van der Waals surface area contributed by atoms with Crippen LogP contribution >= 0.6 is 0 Å². The molecule has 0 radical (unpaired) electrons. The lowest BCUT2D eigenvalue weighted by Gasteiger charge is -2.43. The van der Waals surface area contributed by atoms with Gasteiger partial charge in [0.05, 0.1) is 27.1 Å². The number of carboxylic acid groups (broad SMARTS) is 1. The van der Waals surface area contributed by atoms with E-state index in [2.05, 4.69) is 0 Å². The van der Waals surface area contributed by atoms with Crippen LogP contribution < -0.4 is 0 Å². The maximum atomic E-state index is 13.9. The van der Waals surface area contributed by atoms with Gasteiger partial charge in [0.25, 0.3) is 0 Å². The van der Waals surface area contributed by atoms with Gasteiger partial charge in [-0.15, -0.1) is 0 Å². The number of carbonyl (C=O) groups is 1. The number of hydrogen-bond acceptors (Lipinski definition) is 2. The lowest BCUT2D eigenvalue weighted by Crippen LogP contribution is -2.74. The number of quaternary nitrogens is 1. The molecule has 1 unspecified atom stereocenters. The minimum absolute atomic E-state index is 0.530. The Labute approximate surface area is 195 Å². The molecule has 0 saturated carbocycles. The van der Waals surface area contributed by atoms with Crippen LogP contribution in [-0.2, 0) is 4.79 Å². The molecule has 0 aromatic carbocycles. The van der Waals surface area contributed by atoms with Gasteiger partial charge in [-0.1, -0.05) is 0 Å². The smallest absolute Gasteiger partial charge is 0.460 e. The van der Waals surface area contributed by atoms with Gasteiger partial charge in [0, 0.05) is 6.42 Å². The first-order valence-electron chi connectivity index (χ1n) is 9.20. The number of halogens is 17. The SMILES string of the molecule is C[N+](C)(CCC(=O)O)CC(O)CC(F)(F)C(F)(F)C(F)(F)C(F)(F)C(F)(F)C(F)(F)C(F)(F)C(F)(F)F. The van der Waals surface area contributed by atoms with Gasteiger partial charge >= 0.3 is 53.6 Å². The number of aliphatic hydroxyl groups excluding tert-OH is 1. The molecule has 1 atom stereocenters. The summed E-state index contributed by atoms with van der Waals surface area (Å²) in [5, 5.41) is 18.0. The summed E-state index contributed by atoms with van der Waals surface area (Å²) in [5.41, 5.74) is 0. The van der Waals surface area contributed by atoms with E-state index in [-0.39, 0.29) is 0 Å². The zero-order valence-corrected chi connectivity index (χ0v) is 18.1. The molecule has 0 fully saturated rings. The van der Waals surface area contributed by atoms with Crippen LogP contribution in [0, 0.1) is 0 Å². The fourth-order valence-electron chi connectivity index (χ4n) is 2.75. The van der Waals surface area contributed by atoms with Crippen molar-refractivity contribution in [3.05, 3.63) is 0 Å². The Balaban J connectivity index is 6.35. The summed E-state index contributed by atoms with van der Waals surface area (Å²) in [6, 6.07) is 0. The summed E-state index contributed by atoms with van der Waals surface area (Å²) in [4.78, 5) is 10.5. The van der Waals surface area contributed by atoms with E-state index < -0.39 is 90.1 Å². The standard InChI is InChI=1S/C16H16F17NO3/c1-34(2,4-3-8(36)37)6-7(35)5-9(17,18)10(19,20)11(21,22)12(23,24)13(25,26)14(27,28)15(29,30)16(31,32)33/h7,35H,3-6H2,1-2H3/p+1. The molecule has 0 aromatic rings. The zero-order valence-electron chi connectivity index (χ0n) is 18.1. The number of aliphatic hydroxyl groups is 1. The maximum Gasteiger partial charge on any atom is 0.460 e. The molecule has 37 heavy (non-hydrogen) atoms. The molecular formula is C16H17F17NO3+. The lowest BCUT2D eigenvalue weighted by atomic mass is 9.87. The molecular weight excluding hydrogens is 577 g/mol. The molecule has 0 spiro atoms. The molecule has 0 aliphatic carbocycles. The second-order valence-corrected chi connectivity index (χ2v) is 8.49. The van der Waals surface area contributed by atoms with Gasteiger partial charge in [0.1, 0.15) is 12.6 Å². The van der Waals surface area contributed by atoms with E-state index in [4.69, 9.17) is 5.11 Å². The number of alkyl halides is 17. The molecule has 0 bridgehead atoms. The molecule has 0 aliphatic heterocycles. The summed E-state index contributed by atoms with van der Waals surface area (Å²) in [7, 11) is 1.93. The van der Waals surface area contributed by atoms with Crippen LogP contribution in [0.25, 0.3) is 0 Å². The second-order valence-electron chi connectivity index (χ2n) is 8.49. The Morgan fingerprint density at radius 1 is 0.649 bits per heavy atom. The van der Waals surface area contributed by atoms with E-state index in [1.165, 1.54) is 0 Å². The van der Waals surface area contributed by atoms with Crippen molar-refractivity contribution < 1.29 is 94.1 Å². The van der Waals surface area contributed by atoms with E-state index in [1.807, 2.05) is 0 Å². The highest BCUT2D eigenvalue weighted by molar-refractivity contribution is 5.66. The third-order valence-corrected chi connectivity index (χ3v) is 4.92. The van der Waals surface area contributed by atoms with E-state index in [0.717, 1.165) is 14.1 Å². The number of aliphatic carboxylic acids is 1. The third kappa shape index (κ3) is 5.95. The first-order chi connectivity index (χ1) is 15.8. The molecule has 2 N–H and O–H groups in total. The van der Waals surface area contributed by atoms with Gasteiger partial charge in [0.15, 0.2) is 0 Å². The Morgan fingerprint density at radius 2 is 0.973 bits per heavy atom. The maximum absolute atomic E-state index is 13.9. The highest BCUT2D eigenvalue weighted by Gasteiger charge is 2.95. The van der Waals surface area contributed by atoms with Crippen LogP contribution in [0.1, 0.15) is 12.8 Å². The number of nitrogens with zero attached hydrogens (tertiary/aromatic N) is 1. The Hall–Kier alpha value is -1.80. The molecule has 0 aliphatic rings. The van der Waals surface area contributed by atoms with Crippen molar-refractivity contribution in [3.8, 4) is 0 Å². The quantitative estimate of drug-likeness (QED) is 0.225. The molecule has 21 heteroatoms. The largest absolute Gasteiger partial charge is 0.481 e. The third-order valence-electron chi connectivity index (χ3n) is 4.92. The Bertz CT molecular complexity index is 822. The summed E-state index contributed by atoms with van der Waals surface area (Å²) in [6.45, 7) is -1.72.